The number of aliphatic hydroxyl groups is 1. The van der Waals surface area contributed by atoms with E-state index in [-0.39, 0.29) is 18.0 Å². The molecule has 7 heteroatoms. The van der Waals surface area contributed by atoms with Gasteiger partial charge in [-0.15, -0.1) is 0 Å². The first-order valence-corrected chi connectivity index (χ1v) is 11.1. The van der Waals surface area contributed by atoms with Crippen molar-refractivity contribution < 1.29 is 9.84 Å². The lowest BCUT2D eigenvalue weighted by molar-refractivity contribution is 0.253. The van der Waals surface area contributed by atoms with E-state index in [9.17, 15) is 5.11 Å². The van der Waals surface area contributed by atoms with E-state index in [0.29, 0.717) is 17.4 Å². The van der Waals surface area contributed by atoms with Crippen LogP contribution in [0.4, 0.5) is 5.69 Å². The molecule has 1 aliphatic heterocycles. The predicted octanol–water partition coefficient (Wildman–Crippen LogP) is 3.95. The van der Waals surface area contributed by atoms with Crippen molar-refractivity contribution in [3.63, 3.8) is 0 Å². The number of amidine groups is 2. The average Bonchev–Trinajstić information content (AvgIpc) is 2.86. The minimum absolute atomic E-state index is 0.0202. The maximum atomic E-state index is 9.67. The van der Waals surface area contributed by atoms with E-state index >= 15 is 0 Å². The third-order valence-corrected chi connectivity index (χ3v) is 6.55. The van der Waals surface area contributed by atoms with Crippen LogP contribution in [0.25, 0.3) is 22.4 Å². The first-order chi connectivity index (χ1) is 16.0. The van der Waals surface area contributed by atoms with Crippen LogP contribution in [0.2, 0.25) is 0 Å². The normalized spacial score (nSPS) is 17.8. The molecule has 3 aromatic rings. The van der Waals surface area contributed by atoms with Crippen LogP contribution in [-0.2, 0) is 5.54 Å². The van der Waals surface area contributed by atoms with Crippen molar-refractivity contribution in [3.05, 3.63) is 66.2 Å². The zero-order valence-electron chi connectivity index (χ0n) is 18.6. The number of hydrogen-bond acceptors (Lipinski definition) is 6. The van der Waals surface area contributed by atoms with Gasteiger partial charge in [0.05, 0.1) is 5.69 Å². The van der Waals surface area contributed by atoms with Crippen LogP contribution in [0.1, 0.15) is 24.8 Å². The van der Waals surface area contributed by atoms with Crippen LogP contribution in [0.15, 0.2) is 65.7 Å². The molecule has 0 radical (unpaired) electrons. The molecule has 1 saturated carbocycles. The Balaban J connectivity index is 1.66. The number of pyridine rings is 1. The molecule has 0 atom stereocenters. The van der Waals surface area contributed by atoms with E-state index in [4.69, 9.17) is 20.9 Å². The number of rotatable bonds is 4. The maximum Gasteiger partial charge on any atom is 0.239 e. The second-order valence-electron chi connectivity index (χ2n) is 8.53. The molecule has 168 valence electrons. The Hall–Kier alpha value is -3.55. The Bertz CT molecular complexity index is 1220. The number of nitrogens with two attached hydrogens (primary N) is 1. The summed E-state index contributed by atoms with van der Waals surface area (Å²) in [7, 11) is 1.65. The summed E-state index contributed by atoms with van der Waals surface area (Å²) in [5.74, 6) is 0.980. The van der Waals surface area contributed by atoms with E-state index < -0.39 is 6.61 Å². The highest BCUT2D eigenvalue weighted by atomic mass is 16.5. The molecule has 0 saturated heterocycles. The van der Waals surface area contributed by atoms with E-state index in [2.05, 4.69) is 29.3 Å². The van der Waals surface area contributed by atoms with Crippen molar-refractivity contribution in [3.8, 4) is 28.3 Å². The lowest BCUT2D eigenvalue weighted by atomic mass is 9.72. The van der Waals surface area contributed by atoms with Gasteiger partial charge < -0.3 is 15.6 Å². The fraction of sp³-hybridized carbons (Fsp3) is 0.269. The van der Waals surface area contributed by atoms with Crippen molar-refractivity contribution >= 4 is 17.4 Å². The number of ether oxygens (including phenoxy) is 1. The van der Waals surface area contributed by atoms with Gasteiger partial charge in [0.2, 0.25) is 5.88 Å². The fourth-order valence-corrected chi connectivity index (χ4v) is 4.49. The second-order valence-corrected chi connectivity index (χ2v) is 8.53. The molecular weight excluding hydrogens is 414 g/mol. The number of aliphatic hydroxyl groups excluding tert-OH is 1. The van der Waals surface area contributed by atoms with Gasteiger partial charge in [0.1, 0.15) is 30.6 Å². The highest BCUT2D eigenvalue weighted by Crippen LogP contribution is 2.42. The van der Waals surface area contributed by atoms with Crippen LogP contribution in [0, 0.1) is 5.41 Å². The minimum atomic E-state index is -0.414. The Morgan fingerprint density at radius 1 is 1.15 bits per heavy atom. The van der Waals surface area contributed by atoms with E-state index in [1.54, 1.807) is 11.9 Å². The van der Waals surface area contributed by atoms with Crippen molar-refractivity contribution in [2.45, 2.75) is 24.8 Å². The fourth-order valence-electron chi connectivity index (χ4n) is 4.49. The van der Waals surface area contributed by atoms with Gasteiger partial charge in [-0.3, -0.25) is 15.3 Å². The van der Waals surface area contributed by atoms with E-state index in [1.807, 2.05) is 36.4 Å². The molecule has 5 rings (SSSR count). The number of aliphatic imine (C=N–C) groups is 1. The van der Waals surface area contributed by atoms with Gasteiger partial charge in [-0.25, -0.2) is 4.98 Å². The van der Waals surface area contributed by atoms with Crippen molar-refractivity contribution in [1.82, 2.24) is 4.98 Å². The van der Waals surface area contributed by atoms with Crippen LogP contribution in [0.3, 0.4) is 0 Å². The monoisotopic (exact) mass is 441 g/mol. The Kier molecular flexibility index (Phi) is 5.44. The molecule has 0 spiro atoms. The quantitative estimate of drug-likeness (QED) is 0.420. The summed E-state index contributed by atoms with van der Waals surface area (Å²) in [6, 6.07) is 20.3. The summed E-state index contributed by atoms with van der Waals surface area (Å²) in [5.41, 5.74) is 11.7. The molecular formula is C26H27N5O2. The van der Waals surface area contributed by atoms with Gasteiger partial charge in [-0.05, 0) is 36.5 Å². The number of nitrogens with one attached hydrogen (secondary N) is 1. The molecule has 33 heavy (non-hydrogen) atoms. The van der Waals surface area contributed by atoms with Gasteiger partial charge in [-0.2, -0.15) is 0 Å². The van der Waals surface area contributed by atoms with Crippen LogP contribution >= 0.6 is 0 Å². The van der Waals surface area contributed by atoms with E-state index in [1.165, 1.54) is 6.42 Å². The molecule has 1 aromatic heterocycles. The predicted molar refractivity (Wildman–Crippen MR) is 131 cm³/mol. The summed E-state index contributed by atoms with van der Waals surface area (Å²) in [5, 5.41) is 18.0. The number of fused-ring (bicyclic) bond motifs is 1. The summed E-state index contributed by atoms with van der Waals surface area (Å²) >= 11 is 0. The third kappa shape index (κ3) is 3.69. The van der Waals surface area contributed by atoms with Crippen molar-refractivity contribution in [2.24, 2.45) is 10.7 Å². The van der Waals surface area contributed by atoms with E-state index in [0.717, 1.165) is 40.8 Å². The molecule has 0 unspecified atom stereocenters. The van der Waals surface area contributed by atoms with Gasteiger partial charge in [0.15, 0.2) is 0 Å². The summed E-state index contributed by atoms with van der Waals surface area (Å²) in [6.07, 6.45) is 3.20. The molecule has 2 aliphatic rings. The highest BCUT2D eigenvalue weighted by molar-refractivity contribution is 6.20. The molecule has 7 nitrogen and oxygen atoms in total. The highest BCUT2D eigenvalue weighted by Gasteiger charge is 2.34. The number of anilines is 1. The number of nitrogens with zero attached hydrogens (tertiary/aromatic N) is 3. The lowest BCUT2D eigenvalue weighted by Crippen LogP contribution is -2.44. The first-order valence-electron chi connectivity index (χ1n) is 11.1. The van der Waals surface area contributed by atoms with Crippen LogP contribution in [0.5, 0.6) is 5.88 Å². The Labute approximate surface area is 193 Å². The van der Waals surface area contributed by atoms with Gasteiger partial charge >= 0.3 is 0 Å². The summed E-state index contributed by atoms with van der Waals surface area (Å²) in [4.78, 5) is 10.8. The zero-order valence-corrected chi connectivity index (χ0v) is 18.6. The Morgan fingerprint density at radius 2 is 1.88 bits per heavy atom. The SMILES string of the molecule is C/N=C1/COc2nc(-c3ccc(C4(N)CCC4)cc3)c(-c3ccccc3)cc2N1C(=N)CO. The molecule has 0 amide bonds. The van der Waals surface area contributed by atoms with Crippen LogP contribution in [-0.4, -0.2) is 42.0 Å². The number of hydrogen-bond donors (Lipinski definition) is 3. The Morgan fingerprint density at radius 3 is 2.48 bits per heavy atom. The third-order valence-electron chi connectivity index (χ3n) is 6.55. The number of aromatic nitrogens is 1. The van der Waals surface area contributed by atoms with Gasteiger partial charge in [0, 0.05) is 23.7 Å². The second kappa shape index (κ2) is 8.42. The van der Waals surface area contributed by atoms with Gasteiger partial charge in [-0.1, -0.05) is 54.6 Å². The topological polar surface area (TPSA) is 108 Å². The minimum Gasteiger partial charge on any atom is -0.468 e. The zero-order chi connectivity index (χ0) is 23.0. The summed E-state index contributed by atoms with van der Waals surface area (Å²) in [6.45, 7) is -0.235. The van der Waals surface area contributed by atoms with Gasteiger partial charge in [0.25, 0.3) is 0 Å². The standard InChI is InChI=1S/C26H27N5O2/c1-29-23-16-33-25-21(31(23)22(27)15-32)14-20(17-6-3-2-4-7-17)24(30-25)18-8-10-19(11-9-18)26(28)12-5-13-26/h2-4,6-11,14,27,32H,5,12-13,15-16,28H2,1H3/b27-22?,29-23-. The first kappa shape index (κ1) is 21.3. The molecule has 4 N–H and O–H groups in total. The molecule has 2 aromatic carbocycles. The average molecular weight is 442 g/mol. The molecule has 1 fully saturated rings. The molecule has 0 bridgehead atoms. The molecule has 2 heterocycles. The molecule has 1 aliphatic carbocycles. The smallest absolute Gasteiger partial charge is 0.239 e. The lowest BCUT2D eigenvalue weighted by Gasteiger charge is -2.38. The van der Waals surface area contributed by atoms with Crippen LogP contribution < -0.4 is 15.4 Å². The van der Waals surface area contributed by atoms with Crippen molar-refractivity contribution in [2.75, 3.05) is 25.2 Å². The number of benzene rings is 2. The maximum absolute atomic E-state index is 9.67. The largest absolute Gasteiger partial charge is 0.468 e. The summed E-state index contributed by atoms with van der Waals surface area (Å²) < 4.78 is 5.93. The van der Waals surface area contributed by atoms with Crippen molar-refractivity contribution in [1.29, 1.82) is 5.41 Å².